The molecule has 0 saturated carbocycles. The molecule has 0 atom stereocenters. The Labute approximate surface area is 143 Å². The van der Waals surface area contributed by atoms with Gasteiger partial charge in [-0.3, -0.25) is 4.79 Å². The molecule has 0 bridgehead atoms. The molecule has 4 rings (SSSR count). The number of tetrazole rings is 1. The number of hydrogen-bond acceptors (Lipinski definition) is 5. The van der Waals surface area contributed by atoms with Crippen molar-refractivity contribution in [2.75, 3.05) is 6.54 Å². The Morgan fingerprint density at radius 2 is 2.00 bits per heavy atom. The number of imidazole rings is 1. The van der Waals surface area contributed by atoms with E-state index in [0.29, 0.717) is 24.2 Å². The van der Waals surface area contributed by atoms with Crippen LogP contribution in [0.15, 0.2) is 61.2 Å². The topological polar surface area (TPSA) is 90.0 Å². The molecule has 1 N–H and O–H groups in total. The zero-order chi connectivity index (χ0) is 17.1. The van der Waals surface area contributed by atoms with Crippen molar-refractivity contribution in [2.24, 2.45) is 0 Å². The largest absolute Gasteiger partial charge is 0.352 e. The SMILES string of the molecule is O=C(NCCc1cn2ccccc2n1)c1ccccc1-n1cnnn1. The Bertz CT molecular complexity index is 974. The maximum absolute atomic E-state index is 12.5. The Morgan fingerprint density at radius 3 is 2.84 bits per heavy atom. The number of pyridine rings is 1. The minimum Gasteiger partial charge on any atom is -0.352 e. The van der Waals surface area contributed by atoms with Gasteiger partial charge in [-0.2, -0.15) is 4.68 Å². The van der Waals surface area contributed by atoms with Gasteiger partial charge >= 0.3 is 0 Å². The van der Waals surface area contributed by atoms with Crippen molar-refractivity contribution in [3.8, 4) is 5.69 Å². The first-order chi connectivity index (χ1) is 12.3. The Hall–Kier alpha value is -3.55. The Morgan fingerprint density at radius 1 is 1.12 bits per heavy atom. The first-order valence-corrected chi connectivity index (χ1v) is 7.84. The molecule has 0 spiro atoms. The highest BCUT2D eigenvalue weighted by atomic mass is 16.1. The van der Waals surface area contributed by atoms with Crippen LogP contribution in [-0.4, -0.2) is 42.0 Å². The van der Waals surface area contributed by atoms with Crippen molar-refractivity contribution in [3.05, 3.63) is 72.4 Å². The van der Waals surface area contributed by atoms with E-state index < -0.39 is 0 Å². The van der Waals surface area contributed by atoms with E-state index in [2.05, 4.69) is 25.8 Å². The summed E-state index contributed by atoms with van der Waals surface area (Å²) >= 11 is 0. The van der Waals surface area contributed by atoms with E-state index in [1.54, 1.807) is 12.1 Å². The number of rotatable bonds is 5. The fourth-order valence-corrected chi connectivity index (χ4v) is 2.64. The predicted octanol–water partition coefficient (Wildman–Crippen LogP) is 1.28. The van der Waals surface area contributed by atoms with Crippen LogP contribution >= 0.6 is 0 Å². The van der Waals surface area contributed by atoms with E-state index in [9.17, 15) is 4.79 Å². The van der Waals surface area contributed by atoms with Gasteiger partial charge in [0, 0.05) is 25.4 Å². The number of amides is 1. The molecule has 1 amide bonds. The van der Waals surface area contributed by atoms with Gasteiger partial charge in [-0.25, -0.2) is 4.98 Å². The molecular weight excluding hydrogens is 318 g/mol. The Balaban J connectivity index is 1.44. The minimum atomic E-state index is -0.171. The molecule has 0 fully saturated rings. The van der Waals surface area contributed by atoms with Crippen LogP contribution in [0.3, 0.4) is 0 Å². The van der Waals surface area contributed by atoms with E-state index in [1.807, 2.05) is 47.1 Å². The van der Waals surface area contributed by atoms with Crippen LogP contribution in [0, 0.1) is 0 Å². The lowest BCUT2D eigenvalue weighted by atomic mass is 10.1. The van der Waals surface area contributed by atoms with Gasteiger partial charge in [0.2, 0.25) is 0 Å². The van der Waals surface area contributed by atoms with E-state index >= 15 is 0 Å². The Kier molecular flexibility index (Phi) is 3.91. The van der Waals surface area contributed by atoms with Crippen molar-refractivity contribution in [1.82, 2.24) is 34.9 Å². The summed E-state index contributed by atoms with van der Waals surface area (Å²) in [4.78, 5) is 17.0. The number of hydrogen-bond donors (Lipinski definition) is 1. The minimum absolute atomic E-state index is 0.171. The number of nitrogens with zero attached hydrogens (tertiary/aromatic N) is 6. The van der Waals surface area contributed by atoms with Gasteiger partial charge in [-0.1, -0.05) is 18.2 Å². The van der Waals surface area contributed by atoms with Gasteiger partial charge in [-0.15, -0.1) is 5.10 Å². The molecule has 4 aromatic rings. The number of nitrogens with one attached hydrogen (secondary N) is 1. The van der Waals surface area contributed by atoms with Gasteiger partial charge in [0.25, 0.3) is 5.91 Å². The second kappa shape index (κ2) is 6.52. The van der Waals surface area contributed by atoms with E-state index in [0.717, 1.165) is 11.3 Å². The highest BCUT2D eigenvalue weighted by molar-refractivity contribution is 5.97. The zero-order valence-corrected chi connectivity index (χ0v) is 13.3. The van der Waals surface area contributed by atoms with Crippen molar-refractivity contribution >= 4 is 11.6 Å². The maximum atomic E-state index is 12.5. The van der Waals surface area contributed by atoms with Crippen LogP contribution in [0.25, 0.3) is 11.3 Å². The molecule has 0 saturated heterocycles. The third kappa shape index (κ3) is 3.09. The molecule has 8 nitrogen and oxygen atoms in total. The third-order valence-electron chi connectivity index (χ3n) is 3.83. The monoisotopic (exact) mass is 333 g/mol. The first-order valence-electron chi connectivity index (χ1n) is 7.84. The summed E-state index contributed by atoms with van der Waals surface area (Å²) in [7, 11) is 0. The fraction of sp³-hybridized carbons (Fsp3) is 0.118. The standard InChI is InChI=1S/C17H15N7O/c25-17(14-5-1-2-6-15(14)24-12-19-21-22-24)18-9-8-13-11-23-10-4-3-7-16(23)20-13/h1-7,10-12H,8-9H2,(H,18,25). The second-order valence-corrected chi connectivity index (χ2v) is 5.48. The molecule has 0 unspecified atom stereocenters. The lowest BCUT2D eigenvalue weighted by Crippen LogP contribution is -2.27. The van der Waals surface area contributed by atoms with E-state index in [1.165, 1.54) is 11.0 Å². The molecule has 0 aliphatic heterocycles. The van der Waals surface area contributed by atoms with Crippen LogP contribution in [-0.2, 0) is 6.42 Å². The molecule has 0 aliphatic rings. The second-order valence-electron chi connectivity index (χ2n) is 5.48. The summed E-state index contributed by atoms with van der Waals surface area (Å²) in [6.45, 7) is 0.493. The number of aromatic nitrogens is 6. The summed E-state index contributed by atoms with van der Waals surface area (Å²) < 4.78 is 3.43. The first kappa shape index (κ1) is 15.0. The van der Waals surface area contributed by atoms with Crippen molar-refractivity contribution in [2.45, 2.75) is 6.42 Å². The lowest BCUT2D eigenvalue weighted by Gasteiger charge is -2.08. The molecule has 0 radical (unpaired) electrons. The number of fused-ring (bicyclic) bond motifs is 1. The molecule has 1 aromatic carbocycles. The number of carbonyl (C=O) groups excluding carboxylic acids is 1. The molecular formula is C17H15N7O. The van der Waals surface area contributed by atoms with Gasteiger partial charge in [0.15, 0.2) is 0 Å². The smallest absolute Gasteiger partial charge is 0.253 e. The third-order valence-corrected chi connectivity index (χ3v) is 3.83. The van der Waals surface area contributed by atoms with E-state index in [-0.39, 0.29) is 5.91 Å². The van der Waals surface area contributed by atoms with Crippen molar-refractivity contribution < 1.29 is 4.79 Å². The fourth-order valence-electron chi connectivity index (χ4n) is 2.64. The van der Waals surface area contributed by atoms with Gasteiger partial charge in [0.1, 0.15) is 12.0 Å². The average Bonchev–Trinajstić information content (AvgIpc) is 3.31. The van der Waals surface area contributed by atoms with Crippen molar-refractivity contribution in [1.29, 1.82) is 0 Å². The molecule has 0 aliphatic carbocycles. The maximum Gasteiger partial charge on any atom is 0.253 e. The van der Waals surface area contributed by atoms with Crippen LogP contribution in [0.1, 0.15) is 16.1 Å². The van der Waals surface area contributed by atoms with Crippen LogP contribution < -0.4 is 5.32 Å². The molecule has 3 aromatic heterocycles. The van der Waals surface area contributed by atoms with Crippen LogP contribution in [0.5, 0.6) is 0 Å². The molecule has 124 valence electrons. The predicted molar refractivity (Wildman–Crippen MR) is 90.4 cm³/mol. The zero-order valence-electron chi connectivity index (χ0n) is 13.3. The van der Waals surface area contributed by atoms with Gasteiger partial charge in [-0.05, 0) is 34.7 Å². The quantitative estimate of drug-likeness (QED) is 0.594. The van der Waals surface area contributed by atoms with Gasteiger partial charge in [0.05, 0.1) is 16.9 Å². The number of para-hydroxylation sites is 1. The van der Waals surface area contributed by atoms with Crippen LogP contribution in [0.4, 0.5) is 0 Å². The molecule has 8 heteroatoms. The number of carbonyl (C=O) groups is 1. The normalized spacial score (nSPS) is 10.9. The summed E-state index contributed by atoms with van der Waals surface area (Å²) in [5.74, 6) is -0.171. The molecule has 3 heterocycles. The lowest BCUT2D eigenvalue weighted by molar-refractivity contribution is 0.0954. The highest BCUT2D eigenvalue weighted by Gasteiger charge is 2.13. The molecule has 25 heavy (non-hydrogen) atoms. The number of benzene rings is 1. The summed E-state index contributed by atoms with van der Waals surface area (Å²) in [5.41, 5.74) is 2.98. The highest BCUT2D eigenvalue weighted by Crippen LogP contribution is 2.12. The van der Waals surface area contributed by atoms with E-state index in [4.69, 9.17) is 0 Å². The summed E-state index contributed by atoms with van der Waals surface area (Å²) in [5, 5.41) is 14.0. The van der Waals surface area contributed by atoms with Crippen molar-refractivity contribution in [3.63, 3.8) is 0 Å². The van der Waals surface area contributed by atoms with Gasteiger partial charge < -0.3 is 9.72 Å². The van der Waals surface area contributed by atoms with Crippen LogP contribution in [0.2, 0.25) is 0 Å². The summed E-state index contributed by atoms with van der Waals surface area (Å²) in [6.07, 6.45) is 6.03. The average molecular weight is 333 g/mol. The summed E-state index contributed by atoms with van der Waals surface area (Å²) in [6, 6.07) is 13.0.